The number of carbonyl (C=O) groups is 2. The summed E-state index contributed by atoms with van der Waals surface area (Å²) in [7, 11) is 1.27. The van der Waals surface area contributed by atoms with Crippen molar-refractivity contribution in [2.45, 2.75) is 45.3 Å². The summed E-state index contributed by atoms with van der Waals surface area (Å²) >= 11 is 0. The van der Waals surface area contributed by atoms with Crippen molar-refractivity contribution in [2.75, 3.05) is 20.3 Å². The van der Waals surface area contributed by atoms with Gasteiger partial charge < -0.3 is 20.3 Å². The van der Waals surface area contributed by atoms with Crippen LogP contribution in [0.1, 0.15) is 33.1 Å². The SMILES string of the molecule is C=CCOC(CCCN)C1C(=O)C(C(=O)OC)C(C)(C)CC1O. The van der Waals surface area contributed by atoms with Crippen LogP contribution in [0.3, 0.4) is 0 Å². The molecule has 4 atom stereocenters. The van der Waals surface area contributed by atoms with Gasteiger partial charge in [0.25, 0.3) is 0 Å². The minimum atomic E-state index is -0.895. The number of hydrogen-bond donors (Lipinski definition) is 2. The molecule has 1 saturated carbocycles. The summed E-state index contributed by atoms with van der Waals surface area (Å²) in [5.41, 5.74) is 4.89. The average molecular weight is 327 g/mol. The Hall–Kier alpha value is -1.24. The summed E-state index contributed by atoms with van der Waals surface area (Å²) in [6, 6.07) is 0. The molecule has 0 amide bonds. The molecule has 0 saturated heterocycles. The number of nitrogens with two attached hydrogens (primary N) is 1. The highest BCUT2D eigenvalue weighted by atomic mass is 16.5. The number of aliphatic hydroxyl groups is 1. The van der Waals surface area contributed by atoms with Crippen LogP contribution in [-0.4, -0.2) is 49.3 Å². The molecule has 3 N–H and O–H groups in total. The third-order valence-electron chi connectivity index (χ3n) is 4.50. The van der Waals surface area contributed by atoms with Crippen LogP contribution in [0.2, 0.25) is 0 Å². The van der Waals surface area contributed by atoms with E-state index in [1.54, 1.807) is 19.9 Å². The third kappa shape index (κ3) is 4.62. The van der Waals surface area contributed by atoms with Gasteiger partial charge in [-0.15, -0.1) is 6.58 Å². The molecule has 1 aliphatic rings. The Morgan fingerprint density at radius 1 is 1.57 bits per heavy atom. The van der Waals surface area contributed by atoms with E-state index in [-0.39, 0.29) is 12.4 Å². The van der Waals surface area contributed by atoms with E-state index in [1.165, 1.54) is 7.11 Å². The molecule has 0 heterocycles. The first-order valence-electron chi connectivity index (χ1n) is 8.02. The Labute approximate surface area is 138 Å². The average Bonchev–Trinajstić information content (AvgIpc) is 2.47. The number of esters is 1. The predicted molar refractivity (Wildman–Crippen MR) is 86.6 cm³/mol. The normalized spacial score (nSPS) is 28.2. The molecule has 0 aromatic rings. The van der Waals surface area contributed by atoms with E-state index < -0.39 is 35.4 Å². The van der Waals surface area contributed by atoms with Crippen molar-refractivity contribution < 1.29 is 24.2 Å². The number of aliphatic hydroxyl groups excluding tert-OH is 1. The van der Waals surface area contributed by atoms with Gasteiger partial charge in [-0.05, 0) is 31.2 Å². The van der Waals surface area contributed by atoms with Crippen molar-refractivity contribution in [1.29, 1.82) is 0 Å². The lowest BCUT2D eigenvalue weighted by Crippen LogP contribution is -2.55. The van der Waals surface area contributed by atoms with Crippen molar-refractivity contribution >= 4 is 11.8 Å². The first-order chi connectivity index (χ1) is 10.8. The van der Waals surface area contributed by atoms with Gasteiger partial charge in [0.2, 0.25) is 0 Å². The minimum absolute atomic E-state index is 0.276. The lowest BCUT2D eigenvalue weighted by atomic mass is 9.62. The zero-order valence-electron chi connectivity index (χ0n) is 14.3. The maximum Gasteiger partial charge on any atom is 0.316 e. The van der Waals surface area contributed by atoms with Crippen molar-refractivity contribution in [2.24, 2.45) is 23.0 Å². The molecular formula is C17H29NO5. The molecule has 6 heteroatoms. The van der Waals surface area contributed by atoms with E-state index in [2.05, 4.69) is 6.58 Å². The fourth-order valence-electron chi connectivity index (χ4n) is 3.41. The van der Waals surface area contributed by atoms with Gasteiger partial charge in [-0.1, -0.05) is 19.9 Å². The Morgan fingerprint density at radius 3 is 2.74 bits per heavy atom. The Morgan fingerprint density at radius 2 is 2.22 bits per heavy atom. The molecule has 0 radical (unpaired) electrons. The number of ether oxygens (including phenoxy) is 2. The zero-order valence-corrected chi connectivity index (χ0v) is 14.3. The maximum atomic E-state index is 12.9. The third-order valence-corrected chi connectivity index (χ3v) is 4.50. The van der Waals surface area contributed by atoms with E-state index in [0.29, 0.717) is 25.8 Å². The Bertz CT molecular complexity index is 435. The molecule has 23 heavy (non-hydrogen) atoms. The predicted octanol–water partition coefficient (Wildman–Crippen LogP) is 1.06. The zero-order chi connectivity index (χ0) is 17.6. The van der Waals surface area contributed by atoms with Gasteiger partial charge >= 0.3 is 5.97 Å². The number of Topliss-reactive ketones (excluding diaryl/α,β-unsaturated/α-hetero) is 1. The first-order valence-corrected chi connectivity index (χ1v) is 8.02. The Kier molecular flexibility index (Phi) is 7.38. The Balaban J connectivity index is 3.07. The van der Waals surface area contributed by atoms with Gasteiger partial charge in [-0.25, -0.2) is 0 Å². The molecule has 0 bridgehead atoms. The monoisotopic (exact) mass is 327 g/mol. The molecule has 4 unspecified atom stereocenters. The molecule has 1 fully saturated rings. The van der Waals surface area contributed by atoms with Gasteiger partial charge in [0.1, 0.15) is 5.92 Å². The molecule has 6 nitrogen and oxygen atoms in total. The summed E-state index contributed by atoms with van der Waals surface area (Å²) < 4.78 is 10.5. The topological polar surface area (TPSA) is 98.9 Å². The van der Waals surface area contributed by atoms with Crippen molar-refractivity contribution in [3.05, 3.63) is 12.7 Å². The van der Waals surface area contributed by atoms with E-state index in [0.717, 1.165) is 0 Å². The molecular weight excluding hydrogens is 298 g/mol. The number of hydrogen-bond acceptors (Lipinski definition) is 6. The summed E-state index contributed by atoms with van der Waals surface area (Å²) in [5.74, 6) is -2.52. The number of methoxy groups -OCH3 is 1. The van der Waals surface area contributed by atoms with Crippen LogP contribution in [0.15, 0.2) is 12.7 Å². The molecule has 132 valence electrons. The highest BCUT2D eigenvalue weighted by Crippen LogP contribution is 2.43. The quantitative estimate of drug-likeness (QED) is 0.393. The number of carbonyl (C=O) groups excluding carboxylic acids is 2. The second-order valence-electron chi connectivity index (χ2n) is 6.74. The fraction of sp³-hybridized carbons (Fsp3) is 0.765. The van der Waals surface area contributed by atoms with Crippen molar-refractivity contribution in [1.82, 2.24) is 0 Å². The fourth-order valence-corrected chi connectivity index (χ4v) is 3.41. The van der Waals surface area contributed by atoms with Gasteiger partial charge in [-0.3, -0.25) is 9.59 Å². The van der Waals surface area contributed by atoms with Crippen LogP contribution in [-0.2, 0) is 19.1 Å². The molecule has 0 aromatic heterocycles. The summed E-state index contributed by atoms with van der Waals surface area (Å²) in [6.45, 7) is 7.94. The van der Waals surface area contributed by atoms with Crippen LogP contribution in [0, 0.1) is 17.3 Å². The second kappa shape index (κ2) is 8.57. The van der Waals surface area contributed by atoms with Crippen LogP contribution in [0.5, 0.6) is 0 Å². The smallest absolute Gasteiger partial charge is 0.316 e. The molecule has 0 aliphatic heterocycles. The lowest BCUT2D eigenvalue weighted by Gasteiger charge is -2.44. The lowest BCUT2D eigenvalue weighted by molar-refractivity contribution is -0.168. The van der Waals surface area contributed by atoms with Crippen LogP contribution >= 0.6 is 0 Å². The number of ketones is 1. The largest absolute Gasteiger partial charge is 0.468 e. The van der Waals surface area contributed by atoms with E-state index in [9.17, 15) is 14.7 Å². The summed E-state index contributed by atoms with van der Waals surface area (Å²) in [4.78, 5) is 25.0. The molecule has 0 aromatic carbocycles. The highest BCUT2D eigenvalue weighted by molar-refractivity contribution is 6.02. The minimum Gasteiger partial charge on any atom is -0.468 e. The van der Waals surface area contributed by atoms with E-state index >= 15 is 0 Å². The van der Waals surface area contributed by atoms with Crippen LogP contribution < -0.4 is 5.73 Å². The number of rotatable bonds is 8. The molecule has 1 aliphatic carbocycles. The van der Waals surface area contributed by atoms with Crippen molar-refractivity contribution in [3.63, 3.8) is 0 Å². The molecule has 1 rings (SSSR count). The van der Waals surface area contributed by atoms with Gasteiger partial charge in [0, 0.05) is 0 Å². The van der Waals surface area contributed by atoms with Gasteiger partial charge in [0.05, 0.1) is 31.8 Å². The van der Waals surface area contributed by atoms with E-state index in [1.807, 2.05) is 0 Å². The molecule has 0 spiro atoms. The maximum absolute atomic E-state index is 12.9. The van der Waals surface area contributed by atoms with Gasteiger partial charge in [0.15, 0.2) is 5.78 Å². The van der Waals surface area contributed by atoms with Crippen molar-refractivity contribution in [3.8, 4) is 0 Å². The van der Waals surface area contributed by atoms with E-state index in [4.69, 9.17) is 15.2 Å². The first kappa shape index (κ1) is 19.8. The second-order valence-corrected chi connectivity index (χ2v) is 6.74. The highest BCUT2D eigenvalue weighted by Gasteiger charge is 2.53. The summed E-state index contributed by atoms with van der Waals surface area (Å²) in [6.07, 6.45) is 1.81. The standard InChI is InChI=1S/C17H29NO5/c1-5-9-23-12(7-6-8-18)13-11(19)10-17(2,3)14(15(13)20)16(21)22-4/h5,11-14,19H,1,6-10,18H2,2-4H3. The summed E-state index contributed by atoms with van der Waals surface area (Å²) in [5, 5.41) is 10.5. The van der Waals surface area contributed by atoms with Crippen LogP contribution in [0.25, 0.3) is 0 Å². The van der Waals surface area contributed by atoms with Crippen LogP contribution in [0.4, 0.5) is 0 Å². The van der Waals surface area contributed by atoms with Gasteiger partial charge in [-0.2, -0.15) is 0 Å².